The number of aromatic carboxylic acids is 1. The summed E-state index contributed by atoms with van der Waals surface area (Å²) in [5, 5.41) is 8.84. The molecule has 0 saturated carbocycles. The molecule has 0 aliphatic heterocycles. The molecule has 0 fully saturated rings. The number of rotatable bonds is 4. The summed E-state index contributed by atoms with van der Waals surface area (Å²) in [7, 11) is 0. The molecule has 0 amide bonds. The molecule has 1 N–H and O–H groups in total. The molecule has 0 bridgehead atoms. The molecule has 15 heavy (non-hydrogen) atoms. The summed E-state index contributed by atoms with van der Waals surface area (Å²) < 4.78 is 4.64. The predicted octanol–water partition coefficient (Wildman–Crippen LogP) is 2.04. The van der Waals surface area contributed by atoms with Gasteiger partial charge < -0.3 is 9.84 Å². The van der Waals surface area contributed by atoms with Gasteiger partial charge in [0.2, 0.25) is 0 Å². The van der Waals surface area contributed by atoms with Crippen molar-refractivity contribution in [3.63, 3.8) is 0 Å². The molecule has 0 aliphatic rings. The average molecular weight is 208 g/mol. The summed E-state index contributed by atoms with van der Waals surface area (Å²) in [6.45, 7) is 4.16. The second kappa shape index (κ2) is 4.59. The van der Waals surface area contributed by atoms with Gasteiger partial charge in [-0.05, 0) is 29.7 Å². The number of ether oxygens (including phenoxy) is 1. The zero-order chi connectivity index (χ0) is 11.4. The van der Waals surface area contributed by atoms with Gasteiger partial charge in [0.1, 0.15) is 5.75 Å². The van der Waals surface area contributed by atoms with Crippen LogP contribution in [0.1, 0.15) is 35.7 Å². The van der Waals surface area contributed by atoms with Crippen LogP contribution in [0.25, 0.3) is 0 Å². The molecule has 1 aromatic carbocycles. The maximum absolute atomic E-state index is 10.8. The first-order chi connectivity index (χ1) is 7.04. The van der Waals surface area contributed by atoms with Gasteiger partial charge in [-0.2, -0.15) is 0 Å². The predicted molar refractivity (Wildman–Crippen MR) is 54.2 cm³/mol. The number of carbonyl (C=O) groups excluding carboxylic acids is 1. The van der Waals surface area contributed by atoms with Gasteiger partial charge in [-0.3, -0.25) is 4.79 Å². The highest BCUT2D eigenvalue weighted by molar-refractivity contribution is 5.88. The van der Waals surface area contributed by atoms with Crippen molar-refractivity contribution in [2.24, 2.45) is 0 Å². The Morgan fingerprint density at radius 2 is 2.07 bits per heavy atom. The smallest absolute Gasteiger partial charge is 0.335 e. The van der Waals surface area contributed by atoms with Crippen LogP contribution in [0.4, 0.5) is 0 Å². The van der Waals surface area contributed by atoms with Crippen LogP contribution in [0.2, 0.25) is 0 Å². The van der Waals surface area contributed by atoms with Crippen molar-refractivity contribution < 1.29 is 19.4 Å². The number of carboxylic acid groups (broad SMARTS) is 1. The zero-order valence-corrected chi connectivity index (χ0v) is 8.56. The number of hydrogen-bond acceptors (Lipinski definition) is 3. The number of carbonyl (C=O) groups is 2. The van der Waals surface area contributed by atoms with Crippen molar-refractivity contribution >= 4 is 12.4 Å². The molecule has 0 saturated heterocycles. The summed E-state index contributed by atoms with van der Waals surface area (Å²) in [6, 6.07) is 4.55. The van der Waals surface area contributed by atoms with E-state index in [4.69, 9.17) is 5.11 Å². The first-order valence-corrected chi connectivity index (χ1v) is 4.53. The highest BCUT2D eigenvalue weighted by atomic mass is 16.5. The van der Waals surface area contributed by atoms with Gasteiger partial charge in [0, 0.05) is 0 Å². The molecule has 0 aromatic heterocycles. The van der Waals surface area contributed by atoms with Crippen molar-refractivity contribution in [3.05, 3.63) is 29.3 Å². The lowest BCUT2D eigenvalue weighted by molar-refractivity contribution is -0.120. The Hall–Kier alpha value is -1.84. The fraction of sp³-hybridized carbons (Fsp3) is 0.273. The van der Waals surface area contributed by atoms with Crippen molar-refractivity contribution in [2.75, 3.05) is 0 Å². The van der Waals surface area contributed by atoms with Crippen LogP contribution in [-0.4, -0.2) is 17.5 Å². The van der Waals surface area contributed by atoms with Gasteiger partial charge in [-0.1, -0.05) is 13.8 Å². The Morgan fingerprint density at radius 3 is 2.53 bits per heavy atom. The topological polar surface area (TPSA) is 63.6 Å². The van der Waals surface area contributed by atoms with E-state index in [2.05, 4.69) is 4.74 Å². The number of benzene rings is 1. The van der Waals surface area contributed by atoms with E-state index in [9.17, 15) is 9.59 Å². The standard InChI is InChI=1S/C11H12O4/c1-7(2)8-3-9(11(13)14)5-10(4-8)15-6-12/h3-7H,1-2H3,(H,13,14). The Morgan fingerprint density at radius 1 is 1.40 bits per heavy atom. The quantitative estimate of drug-likeness (QED) is 0.769. The summed E-state index contributed by atoms with van der Waals surface area (Å²) in [4.78, 5) is 21.0. The lowest BCUT2D eigenvalue weighted by Gasteiger charge is -2.08. The molecule has 4 nitrogen and oxygen atoms in total. The summed E-state index contributed by atoms with van der Waals surface area (Å²) in [5.41, 5.74) is 0.949. The molecule has 1 aromatic rings. The third-order valence-electron chi connectivity index (χ3n) is 2.03. The molecule has 0 radical (unpaired) electrons. The molecular weight excluding hydrogens is 196 g/mol. The van der Waals surface area contributed by atoms with Crippen LogP contribution in [0, 0.1) is 0 Å². The van der Waals surface area contributed by atoms with Crippen LogP contribution in [-0.2, 0) is 4.79 Å². The van der Waals surface area contributed by atoms with Crippen LogP contribution in [0.3, 0.4) is 0 Å². The summed E-state index contributed by atoms with van der Waals surface area (Å²) >= 11 is 0. The largest absolute Gasteiger partial charge is 0.478 e. The van der Waals surface area contributed by atoms with Gasteiger partial charge in [0.05, 0.1) is 5.56 Å². The van der Waals surface area contributed by atoms with Crippen LogP contribution in [0.5, 0.6) is 5.75 Å². The molecule has 0 heterocycles. The fourth-order valence-electron chi connectivity index (χ4n) is 1.20. The first kappa shape index (κ1) is 11.2. The van der Waals surface area contributed by atoms with E-state index in [-0.39, 0.29) is 23.7 Å². The molecule has 0 aliphatic carbocycles. The van der Waals surface area contributed by atoms with Crippen molar-refractivity contribution in [1.82, 2.24) is 0 Å². The maximum Gasteiger partial charge on any atom is 0.335 e. The highest BCUT2D eigenvalue weighted by Gasteiger charge is 2.09. The summed E-state index contributed by atoms with van der Waals surface area (Å²) in [5.74, 6) is -0.597. The molecule has 1 rings (SSSR count). The molecule has 80 valence electrons. The molecule has 0 spiro atoms. The third-order valence-corrected chi connectivity index (χ3v) is 2.03. The zero-order valence-electron chi connectivity index (χ0n) is 8.56. The first-order valence-electron chi connectivity index (χ1n) is 4.53. The lowest BCUT2D eigenvalue weighted by atomic mass is 10.0. The maximum atomic E-state index is 10.8. The van der Waals surface area contributed by atoms with E-state index in [1.165, 1.54) is 6.07 Å². The minimum atomic E-state index is -1.03. The van der Waals surface area contributed by atoms with Gasteiger partial charge >= 0.3 is 5.97 Å². The van der Waals surface area contributed by atoms with Crippen LogP contribution < -0.4 is 4.74 Å². The van der Waals surface area contributed by atoms with E-state index in [0.29, 0.717) is 0 Å². The third kappa shape index (κ3) is 2.80. The minimum absolute atomic E-state index is 0.123. The second-order valence-electron chi connectivity index (χ2n) is 3.46. The van der Waals surface area contributed by atoms with E-state index >= 15 is 0 Å². The molecular formula is C11H12O4. The van der Waals surface area contributed by atoms with E-state index in [1.54, 1.807) is 12.1 Å². The van der Waals surface area contributed by atoms with Crippen molar-refractivity contribution in [3.8, 4) is 5.75 Å². The van der Waals surface area contributed by atoms with E-state index in [1.807, 2.05) is 13.8 Å². The Bertz CT molecular complexity index is 382. The van der Waals surface area contributed by atoms with Crippen LogP contribution >= 0.6 is 0 Å². The van der Waals surface area contributed by atoms with Crippen LogP contribution in [0.15, 0.2) is 18.2 Å². The van der Waals surface area contributed by atoms with E-state index in [0.717, 1.165) is 5.56 Å². The average Bonchev–Trinajstić information content (AvgIpc) is 2.17. The van der Waals surface area contributed by atoms with Crippen molar-refractivity contribution in [2.45, 2.75) is 19.8 Å². The lowest BCUT2D eigenvalue weighted by Crippen LogP contribution is -2.01. The molecule has 0 atom stereocenters. The Kier molecular flexibility index (Phi) is 3.44. The molecule has 4 heteroatoms. The molecule has 0 unspecified atom stereocenters. The van der Waals surface area contributed by atoms with Crippen molar-refractivity contribution in [1.29, 1.82) is 0 Å². The number of hydrogen-bond donors (Lipinski definition) is 1. The second-order valence-corrected chi connectivity index (χ2v) is 3.46. The van der Waals surface area contributed by atoms with Gasteiger partial charge in [-0.15, -0.1) is 0 Å². The normalized spacial score (nSPS) is 10.1. The minimum Gasteiger partial charge on any atom is -0.478 e. The Labute approximate surface area is 87.5 Å². The highest BCUT2D eigenvalue weighted by Crippen LogP contribution is 2.22. The number of carboxylic acids is 1. The van der Waals surface area contributed by atoms with Gasteiger partial charge in [0.25, 0.3) is 6.47 Å². The Balaban J connectivity index is 3.19. The van der Waals surface area contributed by atoms with Gasteiger partial charge in [-0.25, -0.2) is 4.79 Å². The van der Waals surface area contributed by atoms with Gasteiger partial charge in [0.15, 0.2) is 0 Å². The fourth-order valence-corrected chi connectivity index (χ4v) is 1.20. The summed E-state index contributed by atoms with van der Waals surface area (Å²) in [6.07, 6.45) is 0. The SMILES string of the molecule is CC(C)c1cc(OC=O)cc(C(=O)O)c1. The van der Waals surface area contributed by atoms with E-state index < -0.39 is 5.97 Å². The monoisotopic (exact) mass is 208 g/mol.